The average molecular weight is 305 g/mol. The molecule has 0 amide bonds. The average Bonchev–Trinajstić information content (AvgIpc) is 2.97. The fourth-order valence-corrected chi connectivity index (χ4v) is 4.65. The van der Waals surface area contributed by atoms with Gasteiger partial charge in [0.1, 0.15) is 5.01 Å². The van der Waals surface area contributed by atoms with Crippen molar-refractivity contribution >= 4 is 23.1 Å². The standard InChI is InChI=1S/C15H19N3S2/c1-18-6-7-19-10-14(18)15-17-13(9-20-15)12-4-2-11(8-16)3-5-12/h2-5,9,14H,6-8,10,16H2,1H3. The van der Waals surface area contributed by atoms with Crippen LogP contribution in [-0.2, 0) is 6.54 Å². The summed E-state index contributed by atoms with van der Waals surface area (Å²) in [7, 11) is 2.20. The summed E-state index contributed by atoms with van der Waals surface area (Å²) in [6, 6.07) is 8.85. The van der Waals surface area contributed by atoms with Crippen molar-refractivity contribution in [2.75, 3.05) is 25.1 Å². The topological polar surface area (TPSA) is 42.2 Å². The normalized spacial score (nSPS) is 20.2. The molecule has 1 atom stereocenters. The number of hydrogen-bond donors (Lipinski definition) is 1. The van der Waals surface area contributed by atoms with Crippen molar-refractivity contribution in [2.45, 2.75) is 12.6 Å². The molecule has 1 aromatic carbocycles. The quantitative estimate of drug-likeness (QED) is 0.946. The molecule has 1 aliphatic heterocycles. The summed E-state index contributed by atoms with van der Waals surface area (Å²) in [6.45, 7) is 1.74. The molecule has 0 saturated carbocycles. The van der Waals surface area contributed by atoms with Gasteiger partial charge in [-0.1, -0.05) is 24.3 Å². The lowest BCUT2D eigenvalue weighted by atomic mass is 10.1. The summed E-state index contributed by atoms with van der Waals surface area (Å²) in [5.74, 6) is 2.38. The Bertz CT molecular complexity index is 565. The molecule has 3 nitrogen and oxygen atoms in total. The SMILES string of the molecule is CN1CCSCC1c1nc(-c2ccc(CN)cc2)cs1. The summed E-state index contributed by atoms with van der Waals surface area (Å²) in [5.41, 5.74) is 9.05. The van der Waals surface area contributed by atoms with E-state index in [0.717, 1.165) is 23.6 Å². The summed E-state index contributed by atoms with van der Waals surface area (Å²) < 4.78 is 0. The lowest BCUT2D eigenvalue weighted by Crippen LogP contribution is -2.32. The molecule has 0 radical (unpaired) electrons. The van der Waals surface area contributed by atoms with Crippen LogP contribution in [0, 0.1) is 0 Å². The van der Waals surface area contributed by atoms with Gasteiger partial charge in [0.25, 0.3) is 0 Å². The Kier molecular flexibility index (Phi) is 4.41. The molecule has 2 N–H and O–H groups in total. The lowest BCUT2D eigenvalue weighted by molar-refractivity contribution is 0.274. The molecule has 2 aromatic rings. The molecule has 0 spiro atoms. The Hall–Kier alpha value is -0.880. The van der Waals surface area contributed by atoms with E-state index < -0.39 is 0 Å². The number of hydrogen-bond acceptors (Lipinski definition) is 5. The zero-order valence-electron chi connectivity index (χ0n) is 11.6. The molecule has 2 heterocycles. The predicted octanol–water partition coefficient (Wildman–Crippen LogP) is 2.99. The molecule has 106 valence electrons. The third-order valence-electron chi connectivity index (χ3n) is 3.69. The molecule has 5 heteroatoms. The lowest BCUT2D eigenvalue weighted by Gasteiger charge is -2.30. The van der Waals surface area contributed by atoms with Crippen LogP contribution in [-0.4, -0.2) is 35.0 Å². The van der Waals surface area contributed by atoms with Gasteiger partial charge >= 0.3 is 0 Å². The van der Waals surface area contributed by atoms with E-state index in [0.29, 0.717) is 12.6 Å². The van der Waals surface area contributed by atoms with Crippen LogP contribution in [0.3, 0.4) is 0 Å². The number of nitrogens with two attached hydrogens (primary N) is 1. The molecule has 20 heavy (non-hydrogen) atoms. The minimum Gasteiger partial charge on any atom is -0.326 e. The van der Waals surface area contributed by atoms with E-state index in [1.54, 1.807) is 11.3 Å². The van der Waals surface area contributed by atoms with Crippen molar-refractivity contribution in [1.82, 2.24) is 9.88 Å². The van der Waals surface area contributed by atoms with Gasteiger partial charge in [-0.3, -0.25) is 4.90 Å². The van der Waals surface area contributed by atoms with E-state index in [1.165, 1.54) is 16.3 Å². The van der Waals surface area contributed by atoms with Gasteiger partial charge in [-0.05, 0) is 12.6 Å². The Morgan fingerprint density at radius 1 is 1.35 bits per heavy atom. The van der Waals surface area contributed by atoms with Gasteiger partial charge < -0.3 is 5.73 Å². The second kappa shape index (κ2) is 6.26. The number of thiazole rings is 1. The Morgan fingerprint density at radius 3 is 2.85 bits per heavy atom. The predicted molar refractivity (Wildman–Crippen MR) is 88.1 cm³/mol. The van der Waals surface area contributed by atoms with Crippen molar-refractivity contribution in [3.63, 3.8) is 0 Å². The molecule has 1 fully saturated rings. The van der Waals surface area contributed by atoms with Crippen molar-refractivity contribution in [3.05, 3.63) is 40.2 Å². The van der Waals surface area contributed by atoms with Gasteiger partial charge in [0.2, 0.25) is 0 Å². The van der Waals surface area contributed by atoms with E-state index in [2.05, 4.69) is 41.6 Å². The smallest absolute Gasteiger partial charge is 0.111 e. The van der Waals surface area contributed by atoms with Crippen molar-refractivity contribution in [3.8, 4) is 11.3 Å². The zero-order chi connectivity index (χ0) is 13.9. The fourth-order valence-electron chi connectivity index (χ4n) is 2.33. The van der Waals surface area contributed by atoms with Gasteiger partial charge in [-0.2, -0.15) is 11.8 Å². The summed E-state index contributed by atoms with van der Waals surface area (Å²) >= 11 is 3.80. The maximum Gasteiger partial charge on any atom is 0.111 e. The van der Waals surface area contributed by atoms with Crippen LogP contribution in [0.25, 0.3) is 11.3 Å². The maximum absolute atomic E-state index is 5.63. The van der Waals surface area contributed by atoms with Gasteiger partial charge in [0.15, 0.2) is 0 Å². The van der Waals surface area contributed by atoms with E-state index >= 15 is 0 Å². The molecule has 0 aliphatic carbocycles. The molecule has 1 aliphatic rings. The number of benzene rings is 1. The Morgan fingerprint density at radius 2 is 2.15 bits per heavy atom. The third-order valence-corrected chi connectivity index (χ3v) is 5.66. The van der Waals surface area contributed by atoms with Crippen LogP contribution >= 0.6 is 23.1 Å². The largest absolute Gasteiger partial charge is 0.326 e. The first-order chi connectivity index (χ1) is 9.78. The highest BCUT2D eigenvalue weighted by atomic mass is 32.2. The summed E-state index contributed by atoms with van der Waals surface area (Å²) in [6.07, 6.45) is 0. The number of nitrogens with zero attached hydrogens (tertiary/aromatic N) is 2. The zero-order valence-corrected chi connectivity index (χ0v) is 13.2. The number of rotatable bonds is 3. The Labute approximate surface area is 128 Å². The molecule has 0 bridgehead atoms. The van der Waals surface area contributed by atoms with Gasteiger partial charge in [0, 0.05) is 35.5 Å². The minimum atomic E-state index is 0.468. The Balaban J connectivity index is 1.81. The van der Waals surface area contributed by atoms with Gasteiger partial charge in [-0.25, -0.2) is 4.98 Å². The summed E-state index contributed by atoms with van der Waals surface area (Å²) in [5, 5.41) is 3.40. The molecule has 3 rings (SSSR count). The van der Waals surface area contributed by atoms with Crippen LogP contribution in [0.1, 0.15) is 16.6 Å². The highest BCUT2D eigenvalue weighted by Gasteiger charge is 2.23. The number of aromatic nitrogens is 1. The van der Waals surface area contributed by atoms with Crippen LogP contribution in [0.5, 0.6) is 0 Å². The van der Waals surface area contributed by atoms with E-state index in [4.69, 9.17) is 10.7 Å². The van der Waals surface area contributed by atoms with Crippen LogP contribution < -0.4 is 5.73 Å². The maximum atomic E-state index is 5.63. The number of thioether (sulfide) groups is 1. The second-order valence-corrected chi connectivity index (χ2v) is 7.08. The monoisotopic (exact) mass is 305 g/mol. The van der Waals surface area contributed by atoms with Crippen LogP contribution in [0.2, 0.25) is 0 Å². The summed E-state index contributed by atoms with van der Waals surface area (Å²) in [4.78, 5) is 7.26. The van der Waals surface area contributed by atoms with Gasteiger partial charge in [-0.15, -0.1) is 11.3 Å². The molecular formula is C15H19N3S2. The second-order valence-electron chi connectivity index (χ2n) is 5.04. The molecule has 1 unspecified atom stereocenters. The van der Waals surface area contributed by atoms with E-state index in [-0.39, 0.29) is 0 Å². The van der Waals surface area contributed by atoms with Crippen molar-refractivity contribution < 1.29 is 0 Å². The van der Waals surface area contributed by atoms with Crippen molar-refractivity contribution in [1.29, 1.82) is 0 Å². The first kappa shape index (κ1) is 14.1. The first-order valence-electron chi connectivity index (χ1n) is 6.80. The van der Waals surface area contributed by atoms with Crippen LogP contribution in [0.4, 0.5) is 0 Å². The molecule has 1 aromatic heterocycles. The van der Waals surface area contributed by atoms with E-state index in [1.807, 2.05) is 11.8 Å². The molecular weight excluding hydrogens is 286 g/mol. The minimum absolute atomic E-state index is 0.468. The fraction of sp³-hybridized carbons (Fsp3) is 0.400. The molecule has 1 saturated heterocycles. The first-order valence-corrected chi connectivity index (χ1v) is 8.84. The highest BCUT2D eigenvalue weighted by Crippen LogP contribution is 2.32. The van der Waals surface area contributed by atoms with E-state index in [9.17, 15) is 0 Å². The highest BCUT2D eigenvalue weighted by molar-refractivity contribution is 7.99. The van der Waals surface area contributed by atoms with Crippen molar-refractivity contribution in [2.24, 2.45) is 5.73 Å². The third kappa shape index (κ3) is 2.91. The van der Waals surface area contributed by atoms with Gasteiger partial charge in [0.05, 0.1) is 11.7 Å². The van der Waals surface area contributed by atoms with Crippen LogP contribution in [0.15, 0.2) is 29.6 Å².